The molecule has 0 aliphatic carbocycles. The van der Waals surface area contributed by atoms with Gasteiger partial charge in [0.2, 0.25) is 0 Å². The number of nitrogens with one attached hydrogen (secondary N) is 1. The van der Waals surface area contributed by atoms with E-state index in [4.69, 9.17) is 9.52 Å². The zero-order valence-corrected chi connectivity index (χ0v) is 8.16. The van der Waals surface area contributed by atoms with Crippen molar-refractivity contribution < 1.29 is 9.52 Å². The number of aliphatic hydroxyl groups is 1. The highest BCUT2D eigenvalue weighted by atomic mass is 16.3. The molecule has 0 saturated carbocycles. The fourth-order valence-electron chi connectivity index (χ4n) is 1.08. The van der Waals surface area contributed by atoms with E-state index in [-0.39, 0.29) is 18.6 Å². The van der Waals surface area contributed by atoms with E-state index in [0.29, 0.717) is 0 Å². The average Bonchev–Trinajstić information content (AvgIpc) is 2.66. The van der Waals surface area contributed by atoms with Gasteiger partial charge in [0.1, 0.15) is 5.76 Å². The van der Waals surface area contributed by atoms with E-state index in [1.54, 1.807) is 6.26 Å². The van der Waals surface area contributed by atoms with Crippen LogP contribution in [0.4, 0.5) is 0 Å². The Morgan fingerprint density at radius 2 is 2.31 bits per heavy atom. The SMILES string of the molecule is CC(CO)CN[C@@H](C)c1ccco1. The minimum Gasteiger partial charge on any atom is -0.468 e. The van der Waals surface area contributed by atoms with Crippen molar-refractivity contribution in [3.05, 3.63) is 24.2 Å². The van der Waals surface area contributed by atoms with Crippen molar-refractivity contribution in [2.75, 3.05) is 13.2 Å². The van der Waals surface area contributed by atoms with Gasteiger partial charge in [0, 0.05) is 13.2 Å². The number of aliphatic hydroxyl groups excluding tert-OH is 1. The van der Waals surface area contributed by atoms with Crippen LogP contribution in [0.1, 0.15) is 25.6 Å². The molecule has 0 spiro atoms. The van der Waals surface area contributed by atoms with Gasteiger partial charge in [0.15, 0.2) is 0 Å². The Bertz CT molecular complexity index is 221. The lowest BCUT2D eigenvalue weighted by molar-refractivity contribution is 0.229. The Balaban J connectivity index is 2.30. The predicted molar refractivity (Wildman–Crippen MR) is 51.4 cm³/mol. The summed E-state index contributed by atoms with van der Waals surface area (Å²) in [5, 5.41) is 12.1. The largest absolute Gasteiger partial charge is 0.468 e. The number of rotatable bonds is 5. The van der Waals surface area contributed by atoms with Crippen molar-refractivity contribution in [3.8, 4) is 0 Å². The van der Waals surface area contributed by atoms with E-state index in [1.807, 2.05) is 26.0 Å². The second-order valence-corrected chi connectivity index (χ2v) is 3.43. The van der Waals surface area contributed by atoms with Crippen LogP contribution in [-0.4, -0.2) is 18.3 Å². The van der Waals surface area contributed by atoms with Crippen LogP contribution in [-0.2, 0) is 0 Å². The average molecular weight is 183 g/mol. The molecule has 1 heterocycles. The van der Waals surface area contributed by atoms with E-state index in [1.165, 1.54) is 0 Å². The fraction of sp³-hybridized carbons (Fsp3) is 0.600. The lowest BCUT2D eigenvalue weighted by Crippen LogP contribution is -2.25. The van der Waals surface area contributed by atoms with Crippen molar-refractivity contribution in [3.63, 3.8) is 0 Å². The molecule has 0 aliphatic rings. The van der Waals surface area contributed by atoms with Crippen LogP contribution in [0.3, 0.4) is 0 Å². The highest BCUT2D eigenvalue weighted by Gasteiger charge is 2.08. The summed E-state index contributed by atoms with van der Waals surface area (Å²) in [6.07, 6.45) is 1.67. The lowest BCUT2D eigenvalue weighted by Gasteiger charge is -2.14. The Hall–Kier alpha value is -0.800. The Morgan fingerprint density at radius 1 is 1.54 bits per heavy atom. The molecule has 0 saturated heterocycles. The molecule has 74 valence electrons. The van der Waals surface area contributed by atoms with Gasteiger partial charge in [-0.1, -0.05) is 6.92 Å². The molecule has 1 aromatic heterocycles. The first-order valence-corrected chi connectivity index (χ1v) is 4.61. The van der Waals surface area contributed by atoms with Crippen molar-refractivity contribution in [2.24, 2.45) is 5.92 Å². The molecule has 2 atom stereocenters. The zero-order chi connectivity index (χ0) is 9.68. The summed E-state index contributed by atoms with van der Waals surface area (Å²) in [7, 11) is 0. The molecule has 1 rings (SSSR count). The molecule has 0 aromatic carbocycles. The first-order chi connectivity index (χ1) is 6.24. The lowest BCUT2D eigenvalue weighted by atomic mass is 10.2. The molecule has 0 radical (unpaired) electrons. The summed E-state index contributed by atoms with van der Waals surface area (Å²) >= 11 is 0. The van der Waals surface area contributed by atoms with Gasteiger partial charge in [-0.15, -0.1) is 0 Å². The molecule has 3 heteroatoms. The van der Waals surface area contributed by atoms with E-state index in [9.17, 15) is 0 Å². The third-order valence-electron chi connectivity index (χ3n) is 2.05. The van der Waals surface area contributed by atoms with Crippen LogP contribution in [0.25, 0.3) is 0 Å². The topological polar surface area (TPSA) is 45.4 Å². The molecule has 0 amide bonds. The summed E-state index contributed by atoms with van der Waals surface area (Å²) in [5.74, 6) is 1.22. The Morgan fingerprint density at radius 3 is 2.85 bits per heavy atom. The van der Waals surface area contributed by atoms with Gasteiger partial charge in [0.25, 0.3) is 0 Å². The normalized spacial score (nSPS) is 15.6. The Kier molecular flexibility index (Phi) is 3.99. The quantitative estimate of drug-likeness (QED) is 0.728. The fourth-order valence-corrected chi connectivity index (χ4v) is 1.08. The second-order valence-electron chi connectivity index (χ2n) is 3.43. The number of hydrogen-bond donors (Lipinski definition) is 2. The van der Waals surface area contributed by atoms with E-state index in [2.05, 4.69) is 5.32 Å². The second kappa shape index (κ2) is 5.04. The van der Waals surface area contributed by atoms with Gasteiger partial charge in [-0.25, -0.2) is 0 Å². The monoisotopic (exact) mass is 183 g/mol. The van der Waals surface area contributed by atoms with E-state index < -0.39 is 0 Å². The molecule has 0 aliphatic heterocycles. The van der Waals surface area contributed by atoms with Crippen LogP contribution < -0.4 is 5.32 Å². The molecular formula is C10H17NO2. The van der Waals surface area contributed by atoms with Crippen molar-refractivity contribution in [2.45, 2.75) is 19.9 Å². The maximum absolute atomic E-state index is 8.81. The highest BCUT2D eigenvalue weighted by Crippen LogP contribution is 2.12. The summed E-state index contributed by atoms with van der Waals surface area (Å²) in [6.45, 7) is 5.07. The van der Waals surface area contributed by atoms with Gasteiger partial charge >= 0.3 is 0 Å². The summed E-state index contributed by atoms with van der Waals surface area (Å²) < 4.78 is 5.24. The first kappa shape index (κ1) is 10.3. The first-order valence-electron chi connectivity index (χ1n) is 4.61. The third kappa shape index (κ3) is 3.20. The van der Waals surface area contributed by atoms with Gasteiger partial charge in [0.05, 0.1) is 12.3 Å². The van der Waals surface area contributed by atoms with Crippen LogP contribution >= 0.6 is 0 Å². The van der Waals surface area contributed by atoms with Crippen LogP contribution in [0, 0.1) is 5.92 Å². The molecule has 3 nitrogen and oxygen atoms in total. The van der Waals surface area contributed by atoms with Crippen molar-refractivity contribution in [1.82, 2.24) is 5.32 Å². The molecule has 2 N–H and O–H groups in total. The zero-order valence-electron chi connectivity index (χ0n) is 8.16. The van der Waals surface area contributed by atoms with Crippen molar-refractivity contribution in [1.29, 1.82) is 0 Å². The molecule has 13 heavy (non-hydrogen) atoms. The number of furan rings is 1. The minimum atomic E-state index is 0.212. The van der Waals surface area contributed by atoms with Gasteiger partial charge in [-0.05, 0) is 25.0 Å². The van der Waals surface area contributed by atoms with E-state index in [0.717, 1.165) is 12.3 Å². The molecule has 0 fully saturated rings. The van der Waals surface area contributed by atoms with Gasteiger partial charge < -0.3 is 14.8 Å². The van der Waals surface area contributed by atoms with Crippen LogP contribution in [0.5, 0.6) is 0 Å². The van der Waals surface area contributed by atoms with Crippen molar-refractivity contribution >= 4 is 0 Å². The standard InChI is InChI=1S/C10H17NO2/c1-8(7-12)6-11-9(2)10-4-3-5-13-10/h3-5,8-9,11-12H,6-7H2,1-2H3/t8?,9-/m0/s1. The molecule has 0 bridgehead atoms. The molecule has 1 unspecified atom stereocenters. The maximum Gasteiger partial charge on any atom is 0.120 e. The maximum atomic E-state index is 8.81. The molecular weight excluding hydrogens is 166 g/mol. The third-order valence-corrected chi connectivity index (χ3v) is 2.05. The minimum absolute atomic E-state index is 0.212. The summed E-state index contributed by atoms with van der Waals surface area (Å²) in [6, 6.07) is 4.04. The smallest absolute Gasteiger partial charge is 0.120 e. The predicted octanol–water partition coefficient (Wildman–Crippen LogP) is 1.56. The molecule has 1 aromatic rings. The summed E-state index contributed by atoms with van der Waals surface area (Å²) in [4.78, 5) is 0. The van der Waals surface area contributed by atoms with Crippen LogP contribution in [0.15, 0.2) is 22.8 Å². The van der Waals surface area contributed by atoms with E-state index >= 15 is 0 Å². The van der Waals surface area contributed by atoms with Crippen LogP contribution in [0.2, 0.25) is 0 Å². The van der Waals surface area contributed by atoms with Gasteiger partial charge in [-0.2, -0.15) is 0 Å². The number of hydrogen-bond acceptors (Lipinski definition) is 3. The van der Waals surface area contributed by atoms with Gasteiger partial charge in [-0.3, -0.25) is 0 Å². The highest BCUT2D eigenvalue weighted by molar-refractivity contribution is 5.02. The summed E-state index contributed by atoms with van der Waals surface area (Å²) in [5.41, 5.74) is 0. The Labute approximate surface area is 78.8 Å².